The molecule has 0 N–H and O–H groups in total. The number of rotatable bonds is 17. The second-order valence-corrected chi connectivity index (χ2v) is 6.20. The molecule has 0 rings (SSSR count). The average molecular weight is 304 g/mol. The van der Waals surface area contributed by atoms with Crippen molar-refractivity contribution in [2.75, 3.05) is 0 Å². The molecule has 0 amide bonds. The predicted octanol–water partition coefficient (Wildman–Crippen LogP) is 3.75. The molecule has 0 saturated carbocycles. The first kappa shape index (κ1) is 23.9. The molecule has 0 atom stereocenters. The molecule has 0 bridgehead atoms. The molecule has 0 aliphatic carbocycles. The Balaban J connectivity index is 0. The van der Waals surface area contributed by atoms with Crippen LogP contribution in [0.4, 0.5) is 0 Å². The van der Waals surface area contributed by atoms with E-state index in [1.807, 2.05) is 6.29 Å². The van der Waals surface area contributed by atoms with Gasteiger partial charge in [0.25, 0.3) is 0 Å². The SMILES string of the molecule is CCCCCCCCCCCCCCCCCC[C-]=O.[Na+]. The molecule has 0 aromatic carbocycles. The third-order valence-corrected chi connectivity index (χ3v) is 4.13. The van der Waals surface area contributed by atoms with Crippen LogP contribution in [-0.2, 0) is 4.79 Å². The summed E-state index contributed by atoms with van der Waals surface area (Å²) in [4.78, 5) is 10.0. The van der Waals surface area contributed by atoms with Crippen LogP contribution in [-0.4, -0.2) is 6.29 Å². The quantitative estimate of drug-likeness (QED) is 0.227. The van der Waals surface area contributed by atoms with Gasteiger partial charge in [-0.25, -0.2) is 0 Å². The van der Waals surface area contributed by atoms with Gasteiger partial charge in [0, 0.05) is 0 Å². The monoisotopic (exact) mass is 304 g/mol. The molecule has 0 spiro atoms. The third kappa shape index (κ3) is 23.1. The molecule has 0 aromatic heterocycles. The molecule has 2 heteroatoms. The fraction of sp³-hybridized carbons (Fsp3) is 0.947. The Morgan fingerprint density at radius 3 is 1.10 bits per heavy atom. The van der Waals surface area contributed by atoms with Crippen molar-refractivity contribution in [2.24, 2.45) is 0 Å². The molecular formula is C19H37NaO. The summed E-state index contributed by atoms with van der Waals surface area (Å²) in [7, 11) is 0. The molecule has 0 aliphatic rings. The summed E-state index contributed by atoms with van der Waals surface area (Å²) in [6.45, 7) is 2.28. The van der Waals surface area contributed by atoms with Crippen LogP contribution in [0.25, 0.3) is 0 Å². The minimum absolute atomic E-state index is 0. The van der Waals surface area contributed by atoms with Crippen molar-refractivity contribution in [3.05, 3.63) is 0 Å². The van der Waals surface area contributed by atoms with E-state index in [1.165, 1.54) is 96.3 Å². The van der Waals surface area contributed by atoms with Crippen molar-refractivity contribution >= 4 is 6.29 Å². The van der Waals surface area contributed by atoms with Gasteiger partial charge in [-0.1, -0.05) is 110 Å². The van der Waals surface area contributed by atoms with Gasteiger partial charge in [-0.3, -0.25) is 6.29 Å². The van der Waals surface area contributed by atoms with Crippen LogP contribution in [0.3, 0.4) is 0 Å². The van der Waals surface area contributed by atoms with E-state index in [2.05, 4.69) is 6.92 Å². The maximum absolute atomic E-state index is 10.0. The molecule has 0 unspecified atom stereocenters. The molecule has 1 nitrogen and oxygen atoms in total. The summed E-state index contributed by atoms with van der Waals surface area (Å²) < 4.78 is 0. The molecule has 0 aliphatic heterocycles. The van der Waals surface area contributed by atoms with Crippen LogP contribution in [0.1, 0.15) is 116 Å². The molecule has 0 heterocycles. The first-order valence-electron chi connectivity index (χ1n) is 9.26. The summed E-state index contributed by atoms with van der Waals surface area (Å²) in [6, 6.07) is 0. The number of hydrogen-bond acceptors (Lipinski definition) is 1. The Bertz CT molecular complexity index is 182. The number of hydrogen-bond donors (Lipinski definition) is 0. The van der Waals surface area contributed by atoms with E-state index in [-0.39, 0.29) is 29.6 Å². The molecular weight excluding hydrogens is 267 g/mol. The fourth-order valence-electron chi connectivity index (χ4n) is 2.75. The number of unbranched alkanes of at least 4 members (excludes halogenated alkanes) is 16. The fourth-order valence-corrected chi connectivity index (χ4v) is 2.75. The molecule has 0 fully saturated rings. The van der Waals surface area contributed by atoms with Crippen molar-refractivity contribution in [3.8, 4) is 0 Å². The zero-order valence-corrected chi connectivity index (χ0v) is 16.9. The zero-order valence-electron chi connectivity index (χ0n) is 14.9. The van der Waals surface area contributed by atoms with Gasteiger partial charge in [0.1, 0.15) is 0 Å². The van der Waals surface area contributed by atoms with Gasteiger partial charge in [0.05, 0.1) is 0 Å². The van der Waals surface area contributed by atoms with Crippen LogP contribution >= 0.6 is 0 Å². The van der Waals surface area contributed by atoms with Crippen LogP contribution in [0.2, 0.25) is 0 Å². The van der Waals surface area contributed by atoms with E-state index in [4.69, 9.17) is 0 Å². The van der Waals surface area contributed by atoms with Gasteiger partial charge >= 0.3 is 29.6 Å². The van der Waals surface area contributed by atoms with E-state index in [9.17, 15) is 4.79 Å². The normalized spacial score (nSPS) is 10.3. The van der Waals surface area contributed by atoms with Gasteiger partial charge in [0.2, 0.25) is 0 Å². The van der Waals surface area contributed by atoms with Crippen LogP contribution in [0.5, 0.6) is 0 Å². The summed E-state index contributed by atoms with van der Waals surface area (Å²) in [5.41, 5.74) is 0. The summed E-state index contributed by atoms with van der Waals surface area (Å²) in [5, 5.41) is 0. The Morgan fingerprint density at radius 2 is 0.810 bits per heavy atom. The Kier molecular flexibility index (Phi) is 26.1. The molecule has 0 radical (unpaired) electrons. The minimum Gasteiger partial charge on any atom is -0.542 e. The Hall–Kier alpha value is 0.670. The van der Waals surface area contributed by atoms with Gasteiger partial charge in [-0.15, -0.1) is 0 Å². The second-order valence-electron chi connectivity index (χ2n) is 6.20. The van der Waals surface area contributed by atoms with E-state index in [0.717, 1.165) is 6.42 Å². The van der Waals surface area contributed by atoms with Crippen molar-refractivity contribution in [2.45, 2.75) is 116 Å². The Labute approximate surface area is 156 Å². The third-order valence-electron chi connectivity index (χ3n) is 4.13. The number of carbonyl (C=O) groups excluding carboxylic acids is 1. The van der Waals surface area contributed by atoms with Crippen molar-refractivity contribution in [1.82, 2.24) is 0 Å². The zero-order chi connectivity index (χ0) is 14.7. The maximum atomic E-state index is 10.0. The largest absolute Gasteiger partial charge is 1.00 e. The molecule has 21 heavy (non-hydrogen) atoms. The van der Waals surface area contributed by atoms with Crippen LogP contribution in [0, 0.1) is 0 Å². The maximum Gasteiger partial charge on any atom is 1.00 e. The smallest absolute Gasteiger partial charge is 0.542 e. The Morgan fingerprint density at radius 1 is 0.524 bits per heavy atom. The van der Waals surface area contributed by atoms with E-state index in [0.29, 0.717) is 6.42 Å². The van der Waals surface area contributed by atoms with Crippen molar-refractivity contribution < 1.29 is 34.4 Å². The second kappa shape index (κ2) is 22.9. The standard InChI is InChI=1S/C19H37O.Na/c1-2-3-4-5-6-7-8-9-10-11-12-13-14-15-16-17-18-19-20;/h2-18H2,1H3;/q-1;+1. The van der Waals surface area contributed by atoms with Gasteiger partial charge in [0.15, 0.2) is 0 Å². The van der Waals surface area contributed by atoms with Gasteiger partial charge in [-0.05, 0) is 0 Å². The predicted molar refractivity (Wildman–Crippen MR) is 89.9 cm³/mol. The van der Waals surface area contributed by atoms with Crippen LogP contribution in [0.15, 0.2) is 0 Å². The molecule has 120 valence electrons. The van der Waals surface area contributed by atoms with E-state index < -0.39 is 0 Å². The first-order chi connectivity index (χ1) is 9.91. The van der Waals surface area contributed by atoms with E-state index in [1.54, 1.807) is 0 Å². The van der Waals surface area contributed by atoms with Crippen molar-refractivity contribution in [1.29, 1.82) is 0 Å². The van der Waals surface area contributed by atoms with E-state index >= 15 is 0 Å². The van der Waals surface area contributed by atoms with Gasteiger partial charge < -0.3 is 4.79 Å². The summed E-state index contributed by atoms with van der Waals surface area (Å²) in [6.07, 6.45) is 24.7. The van der Waals surface area contributed by atoms with Crippen LogP contribution < -0.4 is 29.6 Å². The topological polar surface area (TPSA) is 17.1 Å². The van der Waals surface area contributed by atoms with Crippen molar-refractivity contribution in [3.63, 3.8) is 0 Å². The molecule has 0 aromatic rings. The molecule has 0 saturated heterocycles. The van der Waals surface area contributed by atoms with Gasteiger partial charge in [-0.2, -0.15) is 6.42 Å². The summed E-state index contributed by atoms with van der Waals surface area (Å²) in [5.74, 6) is 0. The first-order valence-corrected chi connectivity index (χ1v) is 9.26. The average Bonchev–Trinajstić information content (AvgIpc) is 2.47. The minimum atomic E-state index is 0. The summed E-state index contributed by atoms with van der Waals surface area (Å²) >= 11 is 0.